The van der Waals surface area contributed by atoms with Crippen molar-refractivity contribution in [1.29, 1.82) is 0 Å². The minimum absolute atomic E-state index is 0.0540. The molecule has 2 N–H and O–H groups in total. The Morgan fingerprint density at radius 2 is 2.14 bits per heavy atom. The molecule has 2 fully saturated rings. The number of rotatable bonds is 2. The van der Waals surface area contributed by atoms with Crippen molar-refractivity contribution in [3.05, 3.63) is 21.0 Å². The van der Waals surface area contributed by atoms with Crippen molar-refractivity contribution in [3.63, 3.8) is 0 Å². The summed E-state index contributed by atoms with van der Waals surface area (Å²) in [5.41, 5.74) is 7.13. The van der Waals surface area contributed by atoms with Crippen molar-refractivity contribution in [2.75, 3.05) is 18.0 Å². The molecule has 3 atom stereocenters. The van der Waals surface area contributed by atoms with Crippen LogP contribution in [0.1, 0.15) is 39.2 Å². The molecular formula is C15H23BrN4O. The van der Waals surface area contributed by atoms with Gasteiger partial charge in [-0.05, 0) is 54.5 Å². The number of halogens is 1. The summed E-state index contributed by atoms with van der Waals surface area (Å²) in [7, 11) is 0. The Labute approximate surface area is 133 Å². The fourth-order valence-electron chi connectivity index (χ4n) is 3.74. The predicted molar refractivity (Wildman–Crippen MR) is 87.6 cm³/mol. The second-order valence-corrected chi connectivity index (χ2v) is 7.40. The first kappa shape index (κ1) is 15.0. The summed E-state index contributed by atoms with van der Waals surface area (Å²) in [4.78, 5) is 14.7. The van der Waals surface area contributed by atoms with Crippen LogP contribution in [0.5, 0.6) is 0 Å². The number of nitrogens with zero attached hydrogens (tertiary/aromatic N) is 3. The van der Waals surface area contributed by atoms with Gasteiger partial charge in [0.25, 0.3) is 5.56 Å². The Balaban J connectivity index is 1.89. The van der Waals surface area contributed by atoms with Crippen LogP contribution in [0.15, 0.2) is 15.5 Å². The van der Waals surface area contributed by atoms with Gasteiger partial charge in [-0.15, -0.1) is 0 Å². The lowest BCUT2D eigenvalue weighted by Crippen LogP contribution is -2.38. The third kappa shape index (κ3) is 2.63. The molecule has 0 radical (unpaired) electrons. The van der Waals surface area contributed by atoms with Gasteiger partial charge in [0.2, 0.25) is 0 Å². The van der Waals surface area contributed by atoms with Crippen molar-refractivity contribution in [1.82, 2.24) is 9.78 Å². The fourth-order valence-corrected chi connectivity index (χ4v) is 4.27. The Morgan fingerprint density at radius 3 is 2.81 bits per heavy atom. The lowest BCUT2D eigenvalue weighted by atomic mass is 9.78. The number of fused-ring (bicyclic) bond motifs is 1. The molecule has 6 heteroatoms. The van der Waals surface area contributed by atoms with Crippen LogP contribution in [0.3, 0.4) is 0 Å². The van der Waals surface area contributed by atoms with Gasteiger partial charge < -0.3 is 10.6 Å². The minimum Gasteiger partial charge on any atom is -0.369 e. The Kier molecular flexibility index (Phi) is 4.10. The molecule has 1 saturated heterocycles. The zero-order valence-corrected chi connectivity index (χ0v) is 14.2. The van der Waals surface area contributed by atoms with E-state index < -0.39 is 0 Å². The van der Waals surface area contributed by atoms with E-state index >= 15 is 0 Å². The SMILES string of the molecule is CC(C)n1ncc(N2CC3CCCC(N)C3C2)c(Br)c1=O. The summed E-state index contributed by atoms with van der Waals surface area (Å²) in [6.45, 7) is 5.86. The van der Waals surface area contributed by atoms with Gasteiger partial charge in [-0.1, -0.05) is 6.42 Å². The van der Waals surface area contributed by atoms with Crippen molar-refractivity contribution in [2.24, 2.45) is 17.6 Å². The van der Waals surface area contributed by atoms with Crippen LogP contribution >= 0.6 is 15.9 Å². The highest BCUT2D eigenvalue weighted by molar-refractivity contribution is 9.10. The van der Waals surface area contributed by atoms with Crippen molar-refractivity contribution >= 4 is 21.6 Å². The molecule has 1 aromatic heterocycles. The maximum absolute atomic E-state index is 12.4. The van der Waals surface area contributed by atoms with Gasteiger partial charge in [0.15, 0.2) is 0 Å². The summed E-state index contributed by atoms with van der Waals surface area (Å²) in [6, 6.07) is 0.369. The van der Waals surface area contributed by atoms with Crippen LogP contribution in [0.2, 0.25) is 0 Å². The largest absolute Gasteiger partial charge is 0.369 e. The van der Waals surface area contributed by atoms with Gasteiger partial charge in [0.05, 0.1) is 17.9 Å². The van der Waals surface area contributed by atoms with Gasteiger partial charge in [-0.2, -0.15) is 5.10 Å². The van der Waals surface area contributed by atoms with E-state index in [1.807, 2.05) is 20.0 Å². The highest BCUT2D eigenvalue weighted by Gasteiger charge is 2.39. The van der Waals surface area contributed by atoms with E-state index in [0.29, 0.717) is 22.4 Å². The molecule has 1 aromatic rings. The zero-order valence-electron chi connectivity index (χ0n) is 12.6. The second-order valence-electron chi connectivity index (χ2n) is 6.61. The first-order chi connectivity index (χ1) is 9.99. The molecule has 1 aliphatic heterocycles. The zero-order chi connectivity index (χ0) is 15.1. The third-order valence-corrected chi connectivity index (χ3v) is 5.65. The molecule has 3 unspecified atom stereocenters. The lowest BCUT2D eigenvalue weighted by Gasteiger charge is -2.29. The van der Waals surface area contributed by atoms with Crippen LogP contribution in [0, 0.1) is 11.8 Å². The fraction of sp³-hybridized carbons (Fsp3) is 0.733. The first-order valence-electron chi connectivity index (χ1n) is 7.77. The van der Waals surface area contributed by atoms with Crippen LogP contribution in [0.4, 0.5) is 5.69 Å². The van der Waals surface area contributed by atoms with Crippen molar-refractivity contribution in [2.45, 2.75) is 45.2 Å². The number of anilines is 1. The van der Waals surface area contributed by atoms with E-state index in [2.05, 4.69) is 25.9 Å². The molecule has 0 spiro atoms. The van der Waals surface area contributed by atoms with Crippen LogP contribution in [0.25, 0.3) is 0 Å². The molecule has 1 aliphatic carbocycles. The van der Waals surface area contributed by atoms with Gasteiger partial charge in [-0.25, -0.2) is 4.68 Å². The number of aromatic nitrogens is 2. The molecule has 0 bridgehead atoms. The topological polar surface area (TPSA) is 64.2 Å². The van der Waals surface area contributed by atoms with E-state index in [0.717, 1.165) is 25.2 Å². The van der Waals surface area contributed by atoms with Crippen molar-refractivity contribution in [3.8, 4) is 0 Å². The molecule has 3 rings (SSSR count). The average molecular weight is 355 g/mol. The Bertz CT molecular complexity index is 586. The monoisotopic (exact) mass is 354 g/mol. The van der Waals surface area contributed by atoms with E-state index in [9.17, 15) is 4.79 Å². The Hall–Kier alpha value is -0.880. The predicted octanol–water partition coefficient (Wildman–Crippen LogP) is 2.15. The number of hydrogen-bond donors (Lipinski definition) is 1. The van der Waals surface area contributed by atoms with Gasteiger partial charge in [0.1, 0.15) is 4.47 Å². The summed E-state index contributed by atoms with van der Waals surface area (Å²) >= 11 is 3.48. The maximum atomic E-state index is 12.4. The molecule has 0 aromatic carbocycles. The van der Waals surface area contributed by atoms with E-state index in [4.69, 9.17) is 5.73 Å². The first-order valence-corrected chi connectivity index (χ1v) is 8.56. The second kappa shape index (κ2) is 5.72. The molecule has 0 amide bonds. The molecule has 21 heavy (non-hydrogen) atoms. The summed E-state index contributed by atoms with van der Waals surface area (Å²) in [5.74, 6) is 1.21. The quantitative estimate of drug-likeness (QED) is 0.883. The van der Waals surface area contributed by atoms with Gasteiger partial charge in [0, 0.05) is 19.1 Å². The molecular weight excluding hydrogens is 332 g/mol. The van der Waals surface area contributed by atoms with E-state index in [1.54, 1.807) is 0 Å². The summed E-state index contributed by atoms with van der Waals surface area (Å²) < 4.78 is 2.14. The summed E-state index contributed by atoms with van der Waals surface area (Å²) in [5, 5.41) is 4.32. The number of hydrogen-bond acceptors (Lipinski definition) is 4. The highest BCUT2D eigenvalue weighted by Crippen LogP contribution is 2.38. The van der Waals surface area contributed by atoms with Gasteiger partial charge in [-0.3, -0.25) is 4.79 Å². The smallest absolute Gasteiger partial charge is 0.283 e. The average Bonchev–Trinajstić information content (AvgIpc) is 2.86. The Morgan fingerprint density at radius 1 is 1.38 bits per heavy atom. The molecule has 5 nitrogen and oxygen atoms in total. The molecule has 2 heterocycles. The van der Waals surface area contributed by atoms with Crippen LogP contribution < -0.4 is 16.2 Å². The van der Waals surface area contributed by atoms with Crippen LogP contribution in [-0.2, 0) is 0 Å². The minimum atomic E-state index is -0.0540. The normalized spacial score (nSPS) is 29.0. The molecule has 1 saturated carbocycles. The van der Waals surface area contributed by atoms with Gasteiger partial charge >= 0.3 is 0 Å². The van der Waals surface area contributed by atoms with Crippen LogP contribution in [-0.4, -0.2) is 28.9 Å². The summed E-state index contributed by atoms with van der Waals surface area (Å²) in [6.07, 6.45) is 5.42. The lowest BCUT2D eigenvalue weighted by molar-refractivity contribution is 0.260. The number of nitrogens with two attached hydrogens (primary N) is 1. The van der Waals surface area contributed by atoms with E-state index in [-0.39, 0.29) is 11.6 Å². The molecule has 2 aliphatic rings. The molecule has 116 valence electrons. The maximum Gasteiger partial charge on any atom is 0.283 e. The highest BCUT2D eigenvalue weighted by atomic mass is 79.9. The standard InChI is InChI=1S/C15H23BrN4O/c1-9(2)20-15(21)14(16)13(6-18-20)19-7-10-4-3-5-12(17)11(10)8-19/h6,9-12H,3-5,7-8,17H2,1-2H3. The third-order valence-electron chi connectivity index (χ3n) is 4.91. The van der Waals surface area contributed by atoms with E-state index in [1.165, 1.54) is 17.5 Å². The van der Waals surface area contributed by atoms with Crippen molar-refractivity contribution < 1.29 is 0 Å².